The van der Waals surface area contributed by atoms with Crippen LogP contribution < -0.4 is 5.73 Å². The molecule has 0 aromatic carbocycles. The van der Waals surface area contributed by atoms with E-state index in [0.717, 1.165) is 12.8 Å². The van der Waals surface area contributed by atoms with Crippen molar-refractivity contribution in [2.75, 3.05) is 0 Å². The maximum absolute atomic E-state index is 12.6. The first kappa shape index (κ1) is 13.1. The Morgan fingerprint density at radius 3 is 2.39 bits per heavy atom. The van der Waals surface area contributed by atoms with Crippen LogP contribution in [0.4, 0.5) is 0 Å². The minimum atomic E-state index is -0.287. The van der Waals surface area contributed by atoms with E-state index in [4.69, 9.17) is 10.3 Å². The third-order valence-electron chi connectivity index (χ3n) is 3.59. The van der Waals surface area contributed by atoms with Gasteiger partial charge in [-0.3, -0.25) is 4.79 Å². The van der Waals surface area contributed by atoms with Crippen molar-refractivity contribution < 1.29 is 9.32 Å². The van der Waals surface area contributed by atoms with Gasteiger partial charge in [-0.05, 0) is 40.5 Å². The van der Waals surface area contributed by atoms with Gasteiger partial charge >= 0.3 is 0 Å². The SMILES string of the molecule is CC1(C)CC(N)CC(C)(C)N1C(=O)c1ccno1. The highest BCUT2D eigenvalue weighted by atomic mass is 16.5. The molecular formula is C13H21N3O2. The quantitative estimate of drug-likeness (QED) is 0.826. The van der Waals surface area contributed by atoms with Crippen molar-refractivity contribution in [2.45, 2.75) is 57.7 Å². The molecule has 2 rings (SSSR count). The summed E-state index contributed by atoms with van der Waals surface area (Å²) in [7, 11) is 0. The smallest absolute Gasteiger partial charge is 0.293 e. The molecule has 0 aliphatic carbocycles. The zero-order valence-electron chi connectivity index (χ0n) is 11.4. The molecule has 1 aromatic heterocycles. The average Bonchev–Trinajstić information content (AvgIpc) is 2.63. The van der Waals surface area contributed by atoms with Crippen LogP contribution in [0.5, 0.6) is 0 Å². The summed E-state index contributed by atoms with van der Waals surface area (Å²) in [6, 6.07) is 1.72. The lowest BCUT2D eigenvalue weighted by atomic mass is 9.77. The fraction of sp³-hybridized carbons (Fsp3) is 0.692. The molecule has 1 aliphatic rings. The van der Waals surface area contributed by atoms with Crippen LogP contribution in [0.3, 0.4) is 0 Å². The fourth-order valence-electron chi connectivity index (χ4n) is 3.34. The third kappa shape index (κ3) is 2.14. The highest BCUT2D eigenvalue weighted by Crippen LogP contribution is 2.38. The summed E-state index contributed by atoms with van der Waals surface area (Å²) in [5, 5.41) is 3.60. The van der Waals surface area contributed by atoms with Crippen LogP contribution in [-0.4, -0.2) is 33.1 Å². The second kappa shape index (κ2) is 4.09. The standard InChI is InChI=1S/C13H21N3O2/c1-12(2)7-9(14)8-13(3,4)16(12)11(17)10-5-6-15-18-10/h5-6,9H,7-8,14H2,1-4H3. The van der Waals surface area contributed by atoms with E-state index in [1.165, 1.54) is 6.20 Å². The van der Waals surface area contributed by atoms with E-state index < -0.39 is 0 Å². The van der Waals surface area contributed by atoms with Crippen molar-refractivity contribution in [3.05, 3.63) is 18.0 Å². The van der Waals surface area contributed by atoms with Gasteiger partial charge in [0.2, 0.25) is 5.76 Å². The summed E-state index contributed by atoms with van der Waals surface area (Å²) < 4.78 is 4.99. The summed E-state index contributed by atoms with van der Waals surface area (Å²) in [5.74, 6) is 0.168. The molecule has 0 radical (unpaired) electrons. The predicted octanol–water partition coefficient (Wildman–Crippen LogP) is 1.80. The van der Waals surface area contributed by atoms with Gasteiger partial charge in [0.25, 0.3) is 5.91 Å². The van der Waals surface area contributed by atoms with Gasteiger partial charge in [0, 0.05) is 23.2 Å². The minimum absolute atomic E-state index is 0.116. The van der Waals surface area contributed by atoms with Crippen molar-refractivity contribution in [1.82, 2.24) is 10.1 Å². The van der Waals surface area contributed by atoms with E-state index in [1.807, 2.05) is 32.6 Å². The molecular weight excluding hydrogens is 230 g/mol. The molecule has 2 heterocycles. The number of piperidine rings is 1. The number of nitrogens with zero attached hydrogens (tertiary/aromatic N) is 2. The van der Waals surface area contributed by atoms with E-state index in [-0.39, 0.29) is 28.8 Å². The number of hydrogen-bond acceptors (Lipinski definition) is 4. The first-order valence-electron chi connectivity index (χ1n) is 6.25. The number of carbonyl (C=O) groups is 1. The molecule has 1 saturated heterocycles. The maximum Gasteiger partial charge on any atom is 0.293 e. The highest BCUT2D eigenvalue weighted by Gasteiger charge is 2.47. The van der Waals surface area contributed by atoms with Gasteiger partial charge in [-0.1, -0.05) is 5.16 Å². The van der Waals surface area contributed by atoms with Crippen LogP contribution in [0.25, 0.3) is 0 Å². The Hall–Kier alpha value is -1.36. The second-order valence-corrected chi connectivity index (χ2v) is 6.31. The summed E-state index contributed by atoms with van der Waals surface area (Å²) >= 11 is 0. The van der Waals surface area contributed by atoms with Gasteiger partial charge < -0.3 is 15.2 Å². The minimum Gasteiger partial charge on any atom is -0.351 e. The van der Waals surface area contributed by atoms with E-state index >= 15 is 0 Å². The molecule has 0 atom stereocenters. The zero-order chi connectivity index (χ0) is 13.6. The van der Waals surface area contributed by atoms with Gasteiger partial charge in [0.05, 0.1) is 6.20 Å². The number of hydrogen-bond donors (Lipinski definition) is 1. The van der Waals surface area contributed by atoms with Crippen LogP contribution >= 0.6 is 0 Å². The van der Waals surface area contributed by atoms with Gasteiger partial charge in [-0.25, -0.2) is 0 Å². The molecule has 2 N–H and O–H groups in total. The Balaban J connectivity index is 2.37. The normalized spacial score (nSPS) is 23.1. The summed E-state index contributed by atoms with van der Waals surface area (Å²) in [4.78, 5) is 14.4. The molecule has 5 heteroatoms. The summed E-state index contributed by atoms with van der Waals surface area (Å²) in [6.07, 6.45) is 3.07. The number of carbonyl (C=O) groups excluding carboxylic acids is 1. The predicted molar refractivity (Wildman–Crippen MR) is 68.0 cm³/mol. The highest BCUT2D eigenvalue weighted by molar-refractivity contribution is 5.92. The van der Waals surface area contributed by atoms with Crippen LogP contribution in [0, 0.1) is 0 Å². The Morgan fingerprint density at radius 1 is 1.39 bits per heavy atom. The molecule has 1 amide bonds. The van der Waals surface area contributed by atoms with Gasteiger partial charge in [-0.2, -0.15) is 0 Å². The molecule has 1 aromatic rings. The Bertz CT molecular complexity index is 419. The Kier molecular flexibility index (Phi) is 2.97. The van der Waals surface area contributed by atoms with Crippen molar-refractivity contribution >= 4 is 5.91 Å². The number of aromatic nitrogens is 1. The lowest BCUT2D eigenvalue weighted by Gasteiger charge is -2.54. The molecule has 5 nitrogen and oxygen atoms in total. The van der Waals surface area contributed by atoms with Crippen LogP contribution in [-0.2, 0) is 0 Å². The Labute approximate surface area is 107 Å². The van der Waals surface area contributed by atoms with Gasteiger partial charge in [0.1, 0.15) is 0 Å². The molecule has 0 unspecified atom stereocenters. The van der Waals surface area contributed by atoms with E-state index in [0.29, 0.717) is 0 Å². The molecule has 18 heavy (non-hydrogen) atoms. The molecule has 100 valence electrons. The monoisotopic (exact) mass is 251 g/mol. The van der Waals surface area contributed by atoms with E-state index in [9.17, 15) is 4.79 Å². The fourth-order valence-corrected chi connectivity index (χ4v) is 3.34. The lowest BCUT2D eigenvalue weighted by Crippen LogP contribution is -2.65. The zero-order valence-corrected chi connectivity index (χ0v) is 11.4. The summed E-state index contributed by atoms with van der Waals surface area (Å²) in [6.45, 7) is 8.17. The maximum atomic E-state index is 12.6. The molecule has 0 bridgehead atoms. The number of rotatable bonds is 1. The van der Waals surface area contributed by atoms with Gasteiger partial charge in [-0.15, -0.1) is 0 Å². The van der Waals surface area contributed by atoms with Gasteiger partial charge in [0.15, 0.2) is 0 Å². The molecule has 1 fully saturated rings. The third-order valence-corrected chi connectivity index (χ3v) is 3.59. The van der Waals surface area contributed by atoms with Crippen LogP contribution in [0.2, 0.25) is 0 Å². The van der Waals surface area contributed by atoms with Crippen LogP contribution in [0.15, 0.2) is 16.8 Å². The summed E-state index contributed by atoms with van der Waals surface area (Å²) in [5.41, 5.74) is 5.52. The van der Waals surface area contributed by atoms with Crippen LogP contribution in [0.1, 0.15) is 51.1 Å². The van der Waals surface area contributed by atoms with E-state index in [2.05, 4.69) is 5.16 Å². The number of amides is 1. The average molecular weight is 251 g/mol. The second-order valence-electron chi connectivity index (χ2n) is 6.31. The van der Waals surface area contributed by atoms with Crippen molar-refractivity contribution in [1.29, 1.82) is 0 Å². The Morgan fingerprint density at radius 2 is 1.94 bits per heavy atom. The number of nitrogens with two attached hydrogens (primary N) is 1. The molecule has 0 spiro atoms. The van der Waals surface area contributed by atoms with Crippen molar-refractivity contribution in [3.63, 3.8) is 0 Å². The van der Waals surface area contributed by atoms with Crippen molar-refractivity contribution in [3.8, 4) is 0 Å². The first-order valence-corrected chi connectivity index (χ1v) is 6.25. The molecule has 1 aliphatic heterocycles. The molecule has 0 saturated carbocycles. The topological polar surface area (TPSA) is 72.4 Å². The number of likely N-dealkylation sites (tertiary alicyclic amines) is 1. The largest absolute Gasteiger partial charge is 0.351 e. The lowest BCUT2D eigenvalue weighted by molar-refractivity contribution is -0.0199. The van der Waals surface area contributed by atoms with Crippen molar-refractivity contribution in [2.24, 2.45) is 5.73 Å². The van der Waals surface area contributed by atoms with E-state index in [1.54, 1.807) is 6.07 Å². The first-order chi connectivity index (χ1) is 8.24.